The number of nitrogens with zero attached hydrogens (tertiary/aromatic N) is 3. The maximum absolute atomic E-state index is 13.2. The Bertz CT molecular complexity index is 1210. The minimum absolute atomic E-state index is 0.210. The van der Waals surface area contributed by atoms with Gasteiger partial charge >= 0.3 is 6.09 Å². The highest BCUT2D eigenvalue weighted by atomic mass is 16.7. The fourth-order valence-corrected chi connectivity index (χ4v) is 4.27. The molecule has 8 heteroatoms. The van der Waals surface area contributed by atoms with E-state index in [1.165, 1.54) is 0 Å². The highest BCUT2D eigenvalue weighted by molar-refractivity contribution is 5.71. The lowest BCUT2D eigenvalue weighted by atomic mass is 10.1. The van der Waals surface area contributed by atoms with Crippen molar-refractivity contribution < 1.29 is 23.7 Å². The van der Waals surface area contributed by atoms with Crippen molar-refractivity contribution in [3.05, 3.63) is 60.3 Å². The van der Waals surface area contributed by atoms with Gasteiger partial charge in [0.1, 0.15) is 17.4 Å². The van der Waals surface area contributed by atoms with Gasteiger partial charge in [-0.2, -0.15) is 5.10 Å². The van der Waals surface area contributed by atoms with Gasteiger partial charge in [-0.15, -0.1) is 0 Å². The van der Waals surface area contributed by atoms with Gasteiger partial charge in [0.25, 0.3) is 0 Å². The number of hydrogen-bond acceptors (Lipinski definition) is 6. The van der Waals surface area contributed by atoms with Crippen molar-refractivity contribution in [2.45, 2.75) is 52.0 Å². The predicted octanol–water partition coefficient (Wildman–Crippen LogP) is 5.31. The van der Waals surface area contributed by atoms with Crippen molar-refractivity contribution in [2.75, 3.05) is 13.4 Å². The van der Waals surface area contributed by atoms with E-state index in [9.17, 15) is 4.79 Å². The van der Waals surface area contributed by atoms with Gasteiger partial charge in [0.15, 0.2) is 11.5 Å². The van der Waals surface area contributed by atoms with E-state index in [0.29, 0.717) is 18.1 Å². The lowest BCUT2D eigenvalue weighted by Gasteiger charge is -2.34. The van der Waals surface area contributed by atoms with Crippen molar-refractivity contribution in [3.63, 3.8) is 0 Å². The SMILES string of the molecule is CC(C)(C)OC(=O)N1[C@H](c2cc(-c3ccc4c(c3)OCO4)n(-c3ccccc3)n2)COC1(C)C. The van der Waals surface area contributed by atoms with Gasteiger partial charge < -0.3 is 18.9 Å². The number of amides is 1. The summed E-state index contributed by atoms with van der Waals surface area (Å²) in [5.41, 5.74) is 1.96. The van der Waals surface area contributed by atoms with Crippen LogP contribution in [0.15, 0.2) is 54.6 Å². The Kier molecular flexibility index (Phi) is 5.28. The molecule has 178 valence electrons. The van der Waals surface area contributed by atoms with E-state index in [-0.39, 0.29) is 6.79 Å². The lowest BCUT2D eigenvalue weighted by molar-refractivity contribution is -0.0627. The number of hydrogen-bond donors (Lipinski definition) is 0. The van der Waals surface area contributed by atoms with Gasteiger partial charge in [-0.3, -0.25) is 4.90 Å². The van der Waals surface area contributed by atoms with E-state index < -0.39 is 23.5 Å². The topological polar surface area (TPSA) is 75.0 Å². The number of aromatic nitrogens is 2. The second kappa shape index (κ2) is 8.06. The lowest BCUT2D eigenvalue weighted by Crippen LogP contribution is -2.47. The third-order valence-electron chi connectivity index (χ3n) is 5.82. The summed E-state index contributed by atoms with van der Waals surface area (Å²) in [5.74, 6) is 1.41. The first-order chi connectivity index (χ1) is 16.1. The van der Waals surface area contributed by atoms with Crippen molar-refractivity contribution in [3.8, 4) is 28.4 Å². The Balaban J connectivity index is 1.59. The van der Waals surface area contributed by atoms with E-state index in [2.05, 4.69) is 0 Å². The van der Waals surface area contributed by atoms with Crippen LogP contribution in [0.1, 0.15) is 46.4 Å². The molecule has 0 unspecified atom stereocenters. The predicted molar refractivity (Wildman–Crippen MR) is 126 cm³/mol. The molecule has 1 aromatic heterocycles. The van der Waals surface area contributed by atoms with E-state index in [4.69, 9.17) is 24.0 Å². The summed E-state index contributed by atoms with van der Waals surface area (Å²) >= 11 is 0. The molecule has 2 aliphatic rings. The van der Waals surface area contributed by atoms with Gasteiger partial charge in [0, 0.05) is 5.56 Å². The molecule has 1 fully saturated rings. The molecule has 1 saturated heterocycles. The van der Waals surface area contributed by atoms with Gasteiger partial charge in [-0.25, -0.2) is 9.48 Å². The van der Waals surface area contributed by atoms with Crippen LogP contribution in [0.3, 0.4) is 0 Å². The van der Waals surface area contributed by atoms with Gasteiger partial charge in [-0.05, 0) is 71.0 Å². The van der Waals surface area contributed by atoms with Gasteiger partial charge in [-0.1, -0.05) is 18.2 Å². The first-order valence-corrected chi connectivity index (χ1v) is 11.3. The normalized spacial score (nSPS) is 18.9. The molecule has 5 rings (SSSR count). The molecule has 0 bridgehead atoms. The molecule has 0 spiro atoms. The minimum Gasteiger partial charge on any atom is -0.454 e. The molecule has 0 saturated carbocycles. The van der Waals surface area contributed by atoms with E-state index in [1.807, 2.05) is 93.9 Å². The number of ether oxygens (including phenoxy) is 4. The summed E-state index contributed by atoms with van der Waals surface area (Å²) in [6.07, 6.45) is -0.432. The van der Waals surface area contributed by atoms with Crippen LogP contribution in [0.25, 0.3) is 16.9 Å². The first kappa shape index (κ1) is 22.3. The van der Waals surface area contributed by atoms with E-state index in [1.54, 1.807) is 4.90 Å². The van der Waals surface area contributed by atoms with Crippen molar-refractivity contribution in [2.24, 2.45) is 0 Å². The highest BCUT2D eigenvalue weighted by Crippen LogP contribution is 2.41. The maximum atomic E-state index is 13.2. The van der Waals surface area contributed by atoms with Crippen LogP contribution in [0.5, 0.6) is 11.5 Å². The molecule has 34 heavy (non-hydrogen) atoms. The number of carbonyl (C=O) groups is 1. The second-order valence-corrected chi connectivity index (χ2v) is 9.89. The third kappa shape index (κ3) is 4.09. The van der Waals surface area contributed by atoms with Crippen molar-refractivity contribution >= 4 is 6.09 Å². The molecule has 2 aromatic carbocycles. The minimum atomic E-state index is -0.831. The van der Waals surface area contributed by atoms with Crippen LogP contribution in [0, 0.1) is 0 Å². The monoisotopic (exact) mass is 463 g/mol. The Labute approximate surface area is 199 Å². The highest BCUT2D eigenvalue weighted by Gasteiger charge is 2.47. The van der Waals surface area contributed by atoms with E-state index >= 15 is 0 Å². The zero-order valence-corrected chi connectivity index (χ0v) is 20.1. The standard InChI is InChI=1S/C26H29N3O5/c1-25(2,3)34-24(30)28-21(15-33-26(28,4)5)19-14-20(29(27-19)18-9-7-6-8-10-18)17-11-12-22-23(13-17)32-16-31-22/h6-14,21H,15-16H2,1-5H3/t21-/m0/s1. The molecule has 8 nitrogen and oxygen atoms in total. The Morgan fingerprint density at radius 3 is 2.53 bits per heavy atom. The zero-order chi connectivity index (χ0) is 24.1. The van der Waals surface area contributed by atoms with Crippen LogP contribution in [0.2, 0.25) is 0 Å². The fourth-order valence-electron chi connectivity index (χ4n) is 4.27. The summed E-state index contributed by atoms with van der Waals surface area (Å²) in [6.45, 7) is 9.82. The Morgan fingerprint density at radius 2 is 1.79 bits per heavy atom. The molecule has 3 heterocycles. The second-order valence-electron chi connectivity index (χ2n) is 9.89. The molecule has 1 atom stereocenters. The first-order valence-electron chi connectivity index (χ1n) is 11.3. The Hall–Kier alpha value is -3.52. The van der Waals surface area contributed by atoms with Crippen LogP contribution < -0.4 is 9.47 Å². The number of benzene rings is 2. The molecule has 0 radical (unpaired) electrons. The summed E-state index contributed by atoms with van der Waals surface area (Å²) in [4.78, 5) is 14.8. The average molecular weight is 464 g/mol. The maximum Gasteiger partial charge on any atom is 0.413 e. The van der Waals surface area contributed by atoms with Gasteiger partial charge in [0.2, 0.25) is 6.79 Å². The summed E-state index contributed by atoms with van der Waals surface area (Å²) in [7, 11) is 0. The van der Waals surface area contributed by atoms with Gasteiger partial charge in [0.05, 0.1) is 23.7 Å². The molecule has 2 aliphatic heterocycles. The number of para-hydroxylation sites is 1. The van der Waals surface area contributed by atoms with Crippen LogP contribution in [-0.4, -0.2) is 45.5 Å². The molecule has 0 N–H and O–H groups in total. The largest absolute Gasteiger partial charge is 0.454 e. The van der Waals surface area contributed by atoms with E-state index in [0.717, 1.165) is 22.7 Å². The molecular formula is C26H29N3O5. The number of carbonyl (C=O) groups excluding carboxylic acids is 1. The fraction of sp³-hybridized carbons (Fsp3) is 0.385. The average Bonchev–Trinajstić information content (AvgIpc) is 3.48. The third-order valence-corrected chi connectivity index (χ3v) is 5.82. The molecular weight excluding hydrogens is 434 g/mol. The van der Waals surface area contributed by atoms with Crippen LogP contribution in [0.4, 0.5) is 4.79 Å². The molecule has 1 amide bonds. The van der Waals surface area contributed by atoms with Crippen LogP contribution >= 0.6 is 0 Å². The zero-order valence-electron chi connectivity index (χ0n) is 20.1. The number of fused-ring (bicyclic) bond motifs is 1. The van der Waals surface area contributed by atoms with Crippen molar-refractivity contribution in [1.29, 1.82) is 0 Å². The Morgan fingerprint density at radius 1 is 1.06 bits per heavy atom. The van der Waals surface area contributed by atoms with Crippen LogP contribution in [-0.2, 0) is 9.47 Å². The smallest absolute Gasteiger partial charge is 0.413 e. The molecule has 0 aliphatic carbocycles. The summed E-state index contributed by atoms with van der Waals surface area (Å²) in [6, 6.07) is 17.3. The summed E-state index contributed by atoms with van der Waals surface area (Å²) < 4.78 is 24.7. The van der Waals surface area contributed by atoms with Crippen molar-refractivity contribution in [1.82, 2.24) is 14.7 Å². The quantitative estimate of drug-likeness (QED) is 0.524. The number of rotatable bonds is 3. The summed E-state index contributed by atoms with van der Waals surface area (Å²) in [5, 5.41) is 4.94. The molecule has 3 aromatic rings.